The predicted molar refractivity (Wildman–Crippen MR) is 104 cm³/mol. The van der Waals surface area contributed by atoms with Crippen LogP contribution in [-0.4, -0.2) is 60.9 Å². The summed E-state index contributed by atoms with van der Waals surface area (Å²) in [5.74, 6) is 1.17. The van der Waals surface area contributed by atoms with E-state index < -0.39 is 0 Å². The van der Waals surface area contributed by atoms with E-state index in [1.807, 2.05) is 40.1 Å². The van der Waals surface area contributed by atoms with E-state index in [-0.39, 0.29) is 23.1 Å². The van der Waals surface area contributed by atoms with Crippen molar-refractivity contribution in [3.8, 4) is 5.75 Å². The van der Waals surface area contributed by atoms with Crippen molar-refractivity contribution in [2.24, 2.45) is 17.1 Å². The van der Waals surface area contributed by atoms with Crippen molar-refractivity contribution in [1.29, 1.82) is 0 Å². The van der Waals surface area contributed by atoms with Crippen LogP contribution in [0.4, 0.5) is 0 Å². The zero-order valence-corrected chi connectivity index (χ0v) is 16.2. The second kappa shape index (κ2) is 8.74. The molecule has 0 spiro atoms. The van der Waals surface area contributed by atoms with Gasteiger partial charge < -0.3 is 20.3 Å². The third-order valence-corrected chi connectivity index (χ3v) is 5.89. The van der Waals surface area contributed by atoms with Gasteiger partial charge in [0.15, 0.2) is 0 Å². The van der Waals surface area contributed by atoms with Gasteiger partial charge in [0.2, 0.25) is 11.8 Å². The molecule has 0 radical (unpaired) electrons. The summed E-state index contributed by atoms with van der Waals surface area (Å²) in [4.78, 5) is 29.0. The largest absolute Gasteiger partial charge is 0.493 e. The molecule has 6 heteroatoms. The number of benzene rings is 1. The predicted octanol–water partition coefficient (Wildman–Crippen LogP) is 1.89. The molecule has 1 aromatic rings. The first-order valence-corrected chi connectivity index (χ1v) is 9.95. The molecule has 2 saturated heterocycles. The van der Waals surface area contributed by atoms with Crippen LogP contribution in [-0.2, 0) is 9.59 Å². The Balaban J connectivity index is 1.39. The van der Waals surface area contributed by atoms with Crippen LogP contribution in [0, 0.1) is 11.3 Å². The zero-order chi connectivity index (χ0) is 19.3. The Hall–Kier alpha value is -2.08. The lowest BCUT2D eigenvalue weighted by atomic mass is 9.90. The molecule has 2 aliphatic rings. The molecule has 2 aliphatic heterocycles. The van der Waals surface area contributed by atoms with Gasteiger partial charge in [0.05, 0.1) is 13.0 Å². The van der Waals surface area contributed by atoms with Crippen molar-refractivity contribution >= 4 is 11.8 Å². The Kier molecular flexibility index (Phi) is 6.37. The molecule has 27 heavy (non-hydrogen) atoms. The molecular formula is C21H31N3O3. The molecule has 2 N–H and O–H groups in total. The number of ether oxygens (including phenoxy) is 1. The van der Waals surface area contributed by atoms with Crippen LogP contribution in [0.1, 0.15) is 32.6 Å². The van der Waals surface area contributed by atoms with Crippen LogP contribution in [0.5, 0.6) is 5.75 Å². The molecule has 2 heterocycles. The van der Waals surface area contributed by atoms with Crippen molar-refractivity contribution in [1.82, 2.24) is 9.80 Å². The molecule has 3 rings (SSSR count). The number of hydrogen-bond donors (Lipinski definition) is 1. The lowest BCUT2D eigenvalue weighted by molar-refractivity contribution is -0.140. The van der Waals surface area contributed by atoms with Crippen molar-refractivity contribution in [3.63, 3.8) is 0 Å². The normalized spacial score (nSPS) is 23.5. The van der Waals surface area contributed by atoms with E-state index in [4.69, 9.17) is 10.5 Å². The monoisotopic (exact) mass is 373 g/mol. The minimum Gasteiger partial charge on any atom is -0.493 e. The molecule has 0 aliphatic carbocycles. The standard InChI is InChI=1S/C21H31N3O3/c1-21(15-22)10-13-24(16-21)20(26)17-7-11-23(12-8-17)19(25)9-14-27-18-5-3-2-4-6-18/h2-6,17H,7-16,22H2,1H3. The number of para-hydroxylation sites is 1. The Bertz CT molecular complexity index is 643. The average Bonchev–Trinajstić information content (AvgIpc) is 3.11. The van der Waals surface area contributed by atoms with Gasteiger partial charge in [-0.3, -0.25) is 9.59 Å². The first-order valence-electron chi connectivity index (χ1n) is 9.95. The number of carbonyl (C=O) groups excluding carboxylic acids is 2. The molecule has 6 nitrogen and oxygen atoms in total. The fraction of sp³-hybridized carbons (Fsp3) is 0.619. The number of hydrogen-bond acceptors (Lipinski definition) is 4. The number of carbonyl (C=O) groups is 2. The van der Waals surface area contributed by atoms with Crippen molar-refractivity contribution in [2.45, 2.75) is 32.6 Å². The summed E-state index contributed by atoms with van der Waals surface area (Å²) in [6.07, 6.45) is 2.85. The number of piperidine rings is 1. The van der Waals surface area contributed by atoms with Crippen LogP contribution in [0.2, 0.25) is 0 Å². The second-order valence-electron chi connectivity index (χ2n) is 8.09. The van der Waals surface area contributed by atoms with Crippen LogP contribution in [0.15, 0.2) is 30.3 Å². The highest BCUT2D eigenvalue weighted by Crippen LogP contribution is 2.31. The Morgan fingerprint density at radius 2 is 1.85 bits per heavy atom. The lowest BCUT2D eigenvalue weighted by Crippen LogP contribution is -2.44. The SMILES string of the molecule is CC1(CN)CCN(C(=O)C2CCN(C(=O)CCOc3ccccc3)CC2)C1. The lowest BCUT2D eigenvalue weighted by Gasteiger charge is -2.33. The van der Waals surface area contributed by atoms with Gasteiger partial charge in [-0.15, -0.1) is 0 Å². The van der Waals surface area contributed by atoms with Gasteiger partial charge in [-0.1, -0.05) is 25.1 Å². The maximum atomic E-state index is 12.8. The minimum atomic E-state index is 0.0368. The summed E-state index contributed by atoms with van der Waals surface area (Å²) in [5.41, 5.74) is 5.91. The Labute approximate surface area is 161 Å². The van der Waals surface area contributed by atoms with Crippen LogP contribution >= 0.6 is 0 Å². The van der Waals surface area contributed by atoms with Gasteiger partial charge in [-0.25, -0.2) is 0 Å². The van der Waals surface area contributed by atoms with E-state index in [1.165, 1.54) is 0 Å². The number of amides is 2. The van der Waals surface area contributed by atoms with E-state index in [1.54, 1.807) is 0 Å². The third kappa shape index (κ3) is 5.01. The van der Waals surface area contributed by atoms with E-state index >= 15 is 0 Å². The smallest absolute Gasteiger partial charge is 0.225 e. The molecule has 0 saturated carbocycles. The third-order valence-electron chi connectivity index (χ3n) is 5.89. The van der Waals surface area contributed by atoms with E-state index in [9.17, 15) is 9.59 Å². The minimum absolute atomic E-state index is 0.0368. The topological polar surface area (TPSA) is 75.9 Å². The molecular weight excluding hydrogens is 342 g/mol. The van der Waals surface area contributed by atoms with Gasteiger partial charge in [0.25, 0.3) is 0 Å². The highest BCUT2D eigenvalue weighted by Gasteiger charge is 2.38. The van der Waals surface area contributed by atoms with Crippen molar-refractivity contribution < 1.29 is 14.3 Å². The van der Waals surface area contributed by atoms with Crippen LogP contribution < -0.4 is 10.5 Å². The molecule has 1 aromatic carbocycles. The highest BCUT2D eigenvalue weighted by molar-refractivity contribution is 5.80. The number of rotatable bonds is 6. The highest BCUT2D eigenvalue weighted by atomic mass is 16.5. The molecule has 1 unspecified atom stereocenters. The van der Waals surface area contributed by atoms with Gasteiger partial charge in [-0.2, -0.15) is 0 Å². The molecule has 148 valence electrons. The quantitative estimate of drug-likeness (QED) is 0.826. The molecule has 2 fully saturated rings. The summed E-state index contributed by atoms with van der Waals surface area (Å²) in [7, 11) is 0. The Morgan fingerprint density at radius 3 is 2.48 bits per heavy atom. The summed E-state index contributed by atoms with van der Waals surface area (Å²) in [6, 6.07) is 9.53. The summed E-state index contributed by atoms with van der Waals surface area (Å²) >= 11 is 0. The number of likely N-dealkylation sites (tertiary alicyclic amines) is 2. The van der Waals surface area contributed by atoms with Gasteiger partial charge >= 0.3 is 0 Å². The molecule has 2 amide bonds. The summed E-state index contributed by atoms with van der Waals surface area (Å²) < 4.78 is 5.61. The second-order valence-corrected chi connectivity index (χ2v) is 8.09. The first-order chi connectivity index (χ1) is 13.0. The first kappa shape index (κ1) is 19.7. The summed E-state index contributed by atoms with van der Waals surface area (Å²) in [5, 5.41) is 0. The molecule has 0 aromatic heterocycles. The molecule has 1 atom stereocenters. The molecule has 0 bridgehead atoms. The maximum Gasteiger partial charge on any atom is 0.225 e. The van der Waals surface area contributed by atoms with E-state index in [0.717, 1.165) is 38.1 Å². The number of nitrogens with two attached hydrogens (primary N) is 1. The Morgan fingerprint density at radius 1 is 1.15 bits per heavy atom. The van der Waals surface area contributed by atoms with Crippen molar-refractivity contribution in [3.05, 3.63) is 30.3 Å². The van der Waals surface area contributed by atoms with Crippen molar-refractivity contribution in [2.75, 3.05) is 39.3 Å². The average molecular weight is 373 g/mol. The zero-order valence-electron chi connectivity index (χ0n) is 16.2. The van der Waals surface area contributed by atoms with Crippen LogP contribution in [0.25, 0.3) is 0 Å². The van der Waals surface area contributed by atoms with E-state index in [2.05, 4.69) is 6.92 Å². The van der Waals surface area contributed by atoms with Gasteiger partial charge in [-0.05, 0) is 43.4 Å². The fourth-order valence-electron chi connectivity index (χ4n) is 3.94. The maximum absolute atomic E-state index is 12.8. The van der Waals surface area contributed by atoms with Gasteiger partial charge in [0, 0.05) is 32.1 Å². The van der Waals surface area contributed by atoms with Crippen LogP contribution in [0.3, 0.4) is 0 Å². The number of nitrogens with zero attached hydrogens (tertiary/aromatic N) is 2. The fourth-order valence-corrected chi connectivity index (χ4v) is 3.94. The van der Waals surface area contributed by atoms with Gasteiger partial charge in [0.1, 0.15) is 5.75 Å². The van der Waals surface area contributed by atoms with E-state index in [0.29, 0.717) is 32.7 Å². The summed E-state index contributed by atoms with van der Waals surface area (Å²) in [6.45, 7) is 6.03.